The van der Waals surface area contributed by atoms with Gasteiger partial charge in [0, 0.05) is 11.8 Å². The fraction of sp³-hybridized carbons (Fsp3) is 0.214. The number of benzene rings is 1. The highest BCUT2D eigenvalue weighted by Gasteiger charge is 2.11. The number of anilines is 1. The van der Waals surface area contributed by atoms with E-state index >= 15 is 0 Å². The van der Waals surface area contributed by atoms with Gasteiger partial charge in [-0.05, 0) is 25.1 Å². The van der Waals surface area contributed by atoms with Crippen LogP contribution in [-0.2, 0) is 9.84 Å². The van der Waals surface area contributed by atoms with Crippen LogP contribution < -0.4 is 5.32 Å². The number of nitrogens with one attached hydrogen (secondary N) is 1. The third kappa shape index (κ3) is 3.27. The summed E-state index contributed by atoms with van der Waals surface area (Å²) in [6.45, 7) is 1.90. The van der Waals surface area contributed by atoms with E-state index < -0.39 is 9.84 Å². The summed E-state index contributed by atoms with van der Waals surface area (Å²) in [7, 11) is -3.29. The summed E-state index contributed by atoms with van der Waals surface area (Å²) in [4.78, 5) is 3.91. The Balaban J connectivity index is 2.17. The van der Waals surface area contributed by atoms with Gasteiger partial charge in [-0.2, -0.15) is 0 Å². The maximum atomic E-state index is 11.3. The molecule has 106 valence electrons. The molecule has 1 unspecified atom stereocenters. The predicted molar refractivity (Wildman–Crippen MR) is 77.5 cm³/mol. The third-order valence-corrected chi connectivity index (χ3v) is 3.90. The minimum Gasteiger partial charge on any atom is -0.508 e. The van der Waals surface area contributed by atoms with Crippen LogP contribution in [0.4, 0.5) is 5.69 Å². The standard InChI is InChI=1S/C14H16N2O3S/c1-10(12-5-3-4-6-13(12)17)16-11-7-8-14(15-9-11)20(2,18)19/h3-10,16-17H,1-2H3. The van der Waals surface area contributed by atoms with Crippen molar-refractivity contribution in [2.24, 2.45) is 0 Å². The monoisotopic (exact) mass is 292 g/mol. The molecule has 0 spiro atoms. The molecule has 20 heavy (non-hydrogen) atoms. The van der Waals surface area contributed by atoms with Gasteiger partial charge in [-0.25, -0.2) is 13.4 Å². The van der Waals surface area contributed by atoms with Crippen LogP contribution in [0.1, 0.15) is 18.5 Å². The van der Waals surface area contributed by atoms with Crippen LogP contribution in [-0.4, -0.2) is 24.8 Å². The quantitative estimate of drug-likeness (QED) is 0.904. The number of para-hydroxylation sites is 1. The number of phenols is 1. The van der Waals surface area contributed by atoms with E-state index in [2.05, 4.69) is 10.3 Å². The average Bonchev–Trinajstić information content (AvgIpc) is 2.38. The molecule has 0 aliphatic heterocycles. The fourth-order valence-corrected chi connectivity index (χ4v) is 2.43. The molecule has 2 aromatic rings. The van der Waals surface area contributed by atoms with Crippen LogP contribution in [0.25, 0.3) is 0 Å². The maximum absolute atomic E-state index is 11.3. The first-order valence-corrected chi connectivity index (χ1v) is 7.97. The van der Waals surface area contributed by atoms with Crippen molar-refractivity contribution in [3.63, 3.8) is 0 Å². The lowest BCUT2D eigenvalue weighted by Gasteiger charge is -2.16. The topological polar surface area (TPSA) is 79.3 Å². The largest absolute Gasteiger partial charge is 0.508 e. The number of sulfone groups is 1. The molecular formula is C14H16N2O3S. The van der Waals surface area contributed by atoms with E-state index in [4.69, 9.17) is 0 Å². The normalized spacial score (nSPS) is 12.9. The number of pyridine rings is 1. The van der Waals surface area contributed by atoms with E-state index in [9.17, 15) is 13.5 Å². The molecule has 2 N–H and O–H groups in total. The summed E-state index contributed by atoms with van der Waals surface area (Å²) in [5, 5.41) is 13.0. The van der Waals surface area contributed by atoms with Crippen LogP contribution in [0.5, 0.6) is 5.75 Å². The predicted octanol–water partition coefficient (Wildman–Crippen LogP) is 2.36. The third-order valence-electron chi connectivity index (χ3n) is 2.90. The first-order chi connectivity index (χ1) is 9.38. The molecule has 1 atom stereocenters. The molecule has 1 aromatic carbocycles. The van der Waals surface area contributed by atoms with Crippen molar-refractivity contribution in [1.82, 2.24) is 4.98 Å². The van der Waals surface area contributed by atoms with E-state index in [1.807, 2.05) is 19.1 Å². The summed E-state index contributed by atoms with van der Waals surface area (Å²) in [5.41, 5.74) is 1.45. The number of aromatic nitrogens is 1. The summed E-state index contributed by atoms with van der Waals surface area (Å²) < 4.78 is 22.6. The zero-order chi connectivity index (χ0) is 14.8. The second kappa shape index (κ2) is 5.50. The number of rotatable bonds is 4. The molecule has 5 nitrogen and oxygen atoms in total. The van der Waals surface area contributed by atoms with Crippen LogP contribution >= 0.6 is 0 Å². The minimum absolute atomic E-state index is 0.0401. The van der Waals surface area contributed by atoms with Crippen molar-refractivity contribution in [3.05, 3.63) is 48.2 Å². The van der Waals surface area contributed by atoms with Gasteiger partial charge < -0.3 is 10.4 Å². The zero-order valence-corrected chi connectivity index (χ0v) is 12.1. The van der Waals surface area contributed by atoms with E-state index in [1.54, 1.807) is 18.2 Å². The molecule has 1 aromatic heterocycles. The van der Waals surface area contributed by atoms with Crippen molar-refractivity contribution < 1.29 is 13.5 Å². The Hall–Kier alpha value is -2.08. The lowest BCUT2D eigenvalue weighted by Crippen LogP contribution is -2.08. The molecule has 0 aliphatic carbocycles. The maximum Gasteiger partial charge on any atom is 0.192 e. The first kappa shape index (κ1) is 14.3. The highest BCUT2D eigenvalue weighted by molar-refractivity contribution is 7.90. The van der Waals surface area contributed by atoms with Gasteiger partial charge in [0.05, 0.1) is 17.9 Å². The van der Waals surface area contributed by atoms with E-state index in [0.717, 1.165) is 11.8 Å². The lowest BCUT2D eigenvalue weighted by atomic mass is 10.1. The van der Waals surface area contributed by atoms with Crippen LogP contribution in [0, 0.1) is 0 Å². The van der Waals surface area contributed by atoms with Crippen molar-refractivity contribution in [1.29, 1.82) is 0 Å². The number of hydrogen-bond donors (Lipinski definition) is 2. The second-order valence-electron chi connectivity index (χ2n) is 4.58. The SMILES string of the molecule is CC(Nc1ccc(S(C)(=O)=O)nc1)c1ccccc1O. The summed E-state index contributed by atoms with van der Waals surface area (Å²) in [5.74, 6) is 0.216. The van der Waals surface area contributed by atoms with Crippen molar-refractivity contribution in [2.75, 3.05) is 11.6 Å². The Kier molecular flexibility index (Phi) is 3.94. The molecule has 0 saturated carbocycles. The van der Waals surface area contributed by atoms with Gasteiger partial charge in [-0.15, -0.1) is 0 Å². The highest BCUT2D eigenvalue weighted by atomic mass is 32.2. The van der Waals surface area contributed by atoms with E-state index in [0.29, 0.717) is 5.69 Å². The molecule has 0 saturated heterocycles. The number of aromatic hydroxyl groups is 1. The van der Waals surface area contributed by atoms with E-state index in [-0.39, 0.29) is 16.8 Å². The molecule has 0 bridgehead atoms. The van der Waals surface area contributed by atoms with Gasteiger partial charge in [0.15, 0.2) is 14.9 Å². The number of hydrogen-bond acceptors (Lipinski definition) is 5. The Labute approximate surface area is 118 Å². The van der Waals surface area contributed by atoms with Crippen molar-refractivity contribution in [2.45, 2.75) is 18.0 Å². The minimum atomic E-state index is -3.29. The Morgan fingerprint density at radius 1 is 1.20 bits per heavy atom. The molecule has 0 amide bonds. The van der Waals surface area contributed by atoms with E-state index in [1.165, 1.54) is 12.3 Å². The molecule has 6 heteroatoms. The lowest BCUT2D eigenvalue weighted by molar-refractivity contribution is 0.465. The molecule has 2 rings (SSSR count). The first-order valence-electron chi connectivity index (χ1n) is 6.08. The summed E-state index contributed by atoms with van der Waals surface area (Å²) >= 11 is 0. The number of phenolic OH excluding ortho intramolecular Hbond substituents is 1. The molecule has 0 aliphatic rings. The molecule has 0 fully saturated rings. The van der Waals surface area contributed by atoms with Crippen LogP contribution in [0.3, 0.4) is 0 Å². The Morgan fingerprint density at radius 3 is 2.45 bits per heavy atom. The van der Waals surface area contributed by atoms with Gasteiger partial charge in [-0.3, -0.25) is 0 Å². The van der Waals surface area contributed by atoms with Gasteiger partial charge in [0.1, 0.15) is 5.75 Å². The highest BCUT2D eigenvalue weighted by Crippen LogP contribution is 2.26. The van der Waals surface area contributed by atoms with Crippen LogP contribution in [0.2, 0.25) is 0 Å². The van der Waals surface area contributed by atoms with Gasteiger partial charge in [0.25, 0.3) is 0 Å². The van der Waals surface area contributed by atoms with Crippen molar-refractivity contribution in [3.8, 4) is 5.75 Å². The molecular weight excluding hydrogens is 276 g/mol. The van der Waals surface area contributed by atoms with Crippen molar-refractivity contribution >= 4 is 15.5 Å². The van der Waals surface area contributed by atoms with Crippen LogP contribution in [0.15, 0.2) is 47.6 Å². The number of nitrogens with zero attached hydrogens (tertiary/aromatic N) is 1. The summed E-state index contributed by atoms with van der Waals surface area (Å²) in [6, 6.07) is 10.0. The smallest absolute Gasteiger partial charge is 0.192 e. The fourth-order valence-electron chi connectivity index (χ4n) is 1.87. The second-order valence-corrected chi connectivity index (χ2v) is 6.54. The Morgan fingerprint density at radius 2 is 1.90 bits per heavy atom. The van der Waals surface area contributed by atoms with Gasteiger partial charge in [-0.1, -0.05) is 18.2 Å². The summed E-state index contributed by atoms with van der Waals surface area (Å²) in [6.07, 6.45) is 2.58. The average molecular weight is 292 g/mol. The zero-order valence-electron chi connectivity index (χ0n) is 11.2. The molecule has 0 radical (unpaired) electrons. The molecule has 1 heterocycles. The van der Waals surface area contributed by atoms with Gasteiger partial charge in [0.2, 0.25) is 0 Å². The Bertz CT molecular complexity index is 697. The van der Waals surface area contributed by atoms with Gasteiger partial charge >= 0.3 is 0 Å².